The average molecular weight is 326 g/mol. The van der Waals surface area contributed by atoms with Crippen molar-refractivity contribution in [3.63, 3.8) is 0 Å². The molecule has 128 valence electrons. The fourth-order valence-electron chi connectivity index (χ4n) is 3.28. The number of ether oxygens (including phenoxy) is 1. The zero-order valence-corrected chi connectivity index (χ0v) is 14.4. The lowest BCUT2D eigenvalue weighted by atomic mass is 9.93. The van der Waals surface area contributed by atoms with Crippen LogP contribution in [0.5, 0.6) is 11.5 Å². The summed E-state index contributed by atoms with van der Waals surface area (Å²) in [7, 11) is 0. The van der Waals surface area contributed by atoms with Crippen molar-refractivity contribution in [2.75, 3.05) is 19.7 Å². The SMILES string of the molecule is CC(C)(CO)CN1Cc2ccc(Oc3ccccc3)cc2C1CN. The van der Waals surface area contributed by atoms with E-state index in [0.29, 0.717) is 6.54 Å². The quantitative estimate of drug-likeness (QED) is 0.855. The molecule has 0 saturated carbocycles. The topological polar surface area (TPSA) is 58.7 Å². The number of nitrogens with zero attached hydrogens (tertiary/aromatic N) is 1. The minimum absolute atomic E-state index is 0.140. The maximum atomic E-state index is 9.56. The second-order valence-corrected chi connectivity index (χ2v) is 7.25. The molecule has 0 radical (unpaired) electrons. The van der Waals surface area contributed by atoms with Crippen LogP contribution in [0.4, 0.5) is 0 Å². The normalized spacial score (nSPS) is 17.8. The first-order valence-electron chi connectivity index (χ1n) is 8.43. The Morgan fingerprint density at radius 2 is 1.92 bits per heavy atom. The summed E-state index contributed by atoms with van der Waals surface area (Å²) in [6.07, 6.45) is 0. The second kappa shape index (κ2) is 6.93. The number of rotatable bonds is 6. The summed E-state index contributed by atoms with van der Waals surface area (Å²) in [6, 6.07) is 16.2. The first-order valence-corrected chi connectivity index (χ1v) is 8.43. The lowest BCUT2D eigenvalue weighted by Crippen LogP contribution is -2.37. The highest BCUT2D eigenvalue weighted by atomic mass is 16.5. The zero-order chi connectivity index (χ0) is 17.2. The number of aliphatic hydroxyl groups excluding tert-OH is 1. The summed E-state index contributed by atoms with van der Waals surface area (Å²) in [5, 5.41) is 9.56. The number of benzene rings is 2. The molecular formula is C20H26N2O2. The van der Waals surface area contributed by atoms with Crippen molar-refractivity contribution in [1.29, 1.82) is 0 Å². The molecule has 0 fully saturated rings. The van der Waals surface area contributed by atoms with Gasteiger partial charge in [-0.05, 0) is 35.4 Å². The van der Waals surface area contributed by atoms with Gasteiger partial charge in [0.1, 0.15) is 11.5 Å². The van der Waals surface area contributed by atoms with Gasteiger partial charge in [-0.25, -0.2) is 0 Å². The van der Waals surface area contributed by atoms with Crippen LogP contribution < -0.4 is 10.5 Å². The zero-order valence-electron chi connectivity index (χ0n) is 14.4. The van der Waals surface area contributed by atoms with E-state index in [1.54, 1.807) is 0 Å². The van der Waals surface area contributed by atoms with Gasteiger partial charge in [-0.1, -0.05) is 38.1 Å². The van der Waals surface area contributed by atoms with E-state index in [1.165, 1.54) is 11.1 Å². The Bertz CT molecular complexity index is 685. The van der Waals surface area contributed by atoms with Gasteiger partial charge < -0.3 is 15.6 Å². The molecule has 4 nitrogen and oxygen atoms in total. The smallest absolute Gasteiger partial charge is 0.127 e. The predicted octanol–water partition coefficient (Wildman–Crippen LogP) is 3.31. The molecule has 0 bridgehead atoms. The van der Waals surface area contributed by atoms with Crippen molar-refractivity contribution in [3.8, 4) is 11.5 Å². The van der Waals surface area contributed by atoms with Crippen molar-refractivity contribution in [3.05, 3.63) is 59.7 Å². The average Bonchev–Trinajstić information content (AvgIpc) is 2.91. The van der Waals surface area contributed by atoms with Crippen LogP contribution in [0.1, 0.15) is 31.0 Å². The Kier molecular flexibility index (Phi) is 4.90. The van der Waals surface area contributed by atoms with E-state index in [0.717, 1.165) is 24.6 Å². The van der Waals surface area contributed by atoms with Gasteiger partial charge in [0.25, 0.3) is 0 Å². The van der Waals surface area contributed by atoms with E-state index in [2.05, 4.69) is 30.9 Å². The van der Waals surface area contributed by atoms with Crippen LogP contribution in [0.3, 0.4) is 0 Å². The Hall–Kier alpha value is -1.88. The largest absolute Gasteiger partial charge is 0.457 e. The first kappa shape index (κ1) is 17.0. The van der Waals surface area contributed by atoms with Gasteiger partial charge in [-0.15, -0.1) is 0 Å². The van der Waals surface area contributed by atoms with Gasteiger partial charge in [0.05, 0.1) is 0 Å². The lowest BCUT2D eigenvalue weighted by Gasteiger charge is -2.32. The number of aliphatic hydroxyl groups is 1. The van der Waals surface area contributed by atoms with Crippen molar-refractivity contribution < 1.29 is 9.84 Å². The van der Waals surface area contributed by atoms with Crippen LogP contribution in [-0.2, 0) is 6.54 Å². The summed E-state index contributed by atoms with van der Waals surface area (Å²) >= 11 is 0. The molecule has 4 heteroatoms. The third-order valence-corrected chi connectivity index (χ3v) is 4.55. The number of para-hydroxylation sites is 1. The number of hydrogen-bond acceptors (Lipinski definition) is 4. The predicted molar refractivity (Wildman–Crippen MR) is 96.0 cm³/mol. The van der Waals surface area contributed by atoms with Crippen LogP contribution in [0, 0.1) is 5.41 Å². The minimum atomic E-state index is -0.140. The second-order valence-electron chi connectivity index (χ2n) is 7.25. The molecule has 24 heavy (non-hydrogen) atoms. The van der Waals surface area contributed by atoms with Crippen molar-refractivity contribution >= 4 is 0 Å². The van der Waals surface area contributed by atoms with Crippen LogP contribution in [0.15, 0.2) is 48.5 Å². The van der Waals surface area contributed by atoms with E-state index in [-0.39, 0.29) is 18.1 Å². The lowest BCUT2D eigenvalue weighted by molar-refractivity contribution is 0.0845. The molecule has 0 aromatic heterocycles. The third-order valence-electron chi connectivity index (χ3n) is 4.55. The number of hydrogen-bond donors (Lipinski definition) is 2. The standard InChI is InChI=1S/C20H26N2O2/c1-20(2,14-23)13-22-12-15-8-9-17(10-18(15)19(22)11-21)24-16-6-4-3-5-7-16/h3-10,19,23H,11-14,21H2,1-2H3. The van der Waals surface area contributed by atoms with E-state index in [4.69, 9.17) is 10.5 Å². The van der Waals surface area contributed by atoms with E-state index in [1.807, 2.05) is 36.4 Å². The summed E-state index contributed by atoms with van der Waals surface area (Å²) in [6.45, 7) is 6.56. The molecule has 1 aliphatic heterocycles. The maximum absolute atomic E-state index is 9.56. The molecule has 2 aromatic rings. The van der Waals surface area contributed by atoms with Gasteiger partial charge in [-0.2, -0.15) is 0 Å². The Labute approximate surface area is 143 Å². The first-order chi connectivity index (χ1) is 11.5. The van der Waals surface area contributed by atoms with Gasteiger partial charge in [0.2, 0.25) is 0 Å². The maximum Gasteiger partial charge on any atom is 0.127 e. The Balaban J connectivity index is 1.81. The Morgan fingerprint density at radius 1 is 1.17 bits per heavy atom. The van der Waals surface area contributed by atoms with Crippen LogP contribution >= 0.6 is 0 Å². The van der Waals surface area contributed by atoms with Crippen LogP contribution in [0.25, 0.3) is 0 Å². The summed E-state index contributed by atoms with van der Waals surface area (Å²) in [4.78, 5) is 2.35. The number of fused-ring (bicyclic) bond motifs is 1. The molecule has 1 heterocycles. The van der Waals surface area contributed by atoms with Crippen molar-refractivity contribution in [2.24, 2.45) is 11.1 Å². The highest BCUT2D eigenvalue weighted by Crippen LogP contribution is 2.38. The highest BCUT2D eigenvalue weighted by Gasteiger charge is 2.33. The molecule has 0 saturated heterocycles. The molecule has 0 aliphatic carbocycles. The van der Waals surface area contributed by atoms with E-state index >= 15 is 0 Å². The molecule has 1 atom stereocenters. The molecule has 1 aliphatic rings. The molecule has 0 amide bonds. The summed E-state index contributed by atoms with van der Waals surface area (Å²) in [5.41, 5.74) is 8.44. The van der Waals surface area contributed by atoms with Gasteiger partial charge in [-0.3, -0.25) is 4.90 Å². The van der Waals surface area contributed by atoms with Crippen LogP contribution in [-0.4, -0.2) is 29.7 Å². The monoisotopic (exact) mass is 326 g/mol. The van der Waals surface area contributed by atoms with Crippen molar-refractivity contribution in [1.82, 2.24) is 4.90 Å². The molecule has 0 spiro atoms. The minimum Gasteiger partial charge on any atom is -0.457 e. The fraction of sp³-hybridized carbons (Fsp3) is 0.400. The third kappa shape index (κ3) is 3.61. The van der Waals surface area contributed by atoms with E-state index < -0.39 is 0 Å². The van der Waals surface area contributed by atoms with Gasteiger partial charge >= 0.3 is 0 Å². The van der Waals surface area contributed by atoms with Crippen molar-refractivity contribution in [2.45, 2.75) is 26.4 Å². The molecule has 3 rings (SSSR count). The van der Waals surface area contributed by atoms with Crippen LogP contribution in [0.2, 0.25) is 0 Å². The molecular weight excluding hydrogens is 300 g/mol. The Morgan fingerprint density at radius 3 is 2.58 bits per heavy atom. The summed E-state index contributed by atoms with van der Waals surface area (Å²) in [5.74, 6) is 1.67. The van der Waals surface area contributed by atoms with Gasteiger partial charge in [0.15, 0.2) is 0 Å². The fourth-order valence-corrected chi connectivity index (χ4v) is 3.28. The summed E-state index contributed by atoms with van der Waals surface area (Å²) < 4.78 is 5.95. The molecule has 1 unspecified atom stereocenters. The molecule has 2 aromatic carbocycles. The van der Waals surface area contributed by atoms with Gasteiger partial charge in [0, 0.05) is 37.7 Å². The number of nitrogens with two attached hydrogens (primary N) is 1. The van der Waals surface area contributed by atoms with E-state index in [9.17, 15) is 5.11 Å². The highest BCUT2D eigenvalue weighted by molar-refractivity contribution is 5.42. The molecule has 3 N–H and O–H groups in total.